The Bertz CT molecular complexity index is 511. The molecule has 1 rings (SSSR count). The molecule has 5 nitrogen and oxygen atoms in total. The van der Waals surface area contributed by atoms with Crippen molar-refractivity contribution in [3.05, 3.63) is 28.2 Å². The summed E-state index contributed by atoms with van der Waals surface area (Å²) in [5.74, 6) is -3.57. The minimum absolute atomic E-state index is 0.0108. The van der Waals surface area contributed by atoms with Gasteiger partial charge in [-0.2, -0.15) is 0 Å². The van der Waals surface area contributed by atoms with E-state index >= 15 is 0 Å². The smallest absolute Gasteiger partial charge is 0.303 e. The van der Waals surface area contributed by atoms with Gasteiger partial charge in [-0.3, -0.25) is 9.59 Å². The number of carboxylic acid groups (broad SMARTS) is 1. The number of halogens is 3. The molecule has 0 saturated carbocycles. The zero-order chi connectivity index (χ0) is 14.6. The SMILES string of the molecule is NC(CCC(=O)O)C(=O)Nc1cc(Br)c(F)cc1F. The number of nitrogens with two attached hydrogens (primary N) is 1. The second kappa shape index (κ2) is 6.58. The van der Waals surface area contributed by atoms with Crippen molar-refractivity contribution < 1.29 is 23.5 Å². The van der Waals surface area contributed by atoms with Crippen LogP contribution in [-0.2, 0) is 9.59 Å². The molecule has 0 heterocycles. The van der Waals surface area contributed by atoms with Crippen LogP contribution in [-0.4, -0.2) is 23.0 Å². The molecular weight excluding hydrogens is 326 g/mol. The minimum Gasteiger partial charge on any atom is -0.481 e. The average Bonchev–Trinajstić information content (AvgIpc) is 2.32. The summed E-state index contributed by atoms with van der Waals surface area (Å²) in [5.41, 5.74) is 5.22. The van der Waals surface area contributed by atoms with E-state index in [1.54, 1.807) is 0 Å². The fourth-order valence-electron chi connectivity index (χ4n) is 1.25. The van der Waals surface area contributed by atoms with Crippen molar-refractivity contribution in [2.24, 2.45) is 5.73 Å². The van der Waals surface area contributed by atoms with Gasteiger partial charge in [0.15, 0.2) is 0 Å². The molecule has 0 spiro atoms. The standard InChI is InChI=1S/C11H11BrF2N2O3/c12-5-3-9(7(14)4-6(5)13)16-11(19)8(15)1-2-10(17)18/h3-4,8H,1-2,15H2,(H,16,19)(H,17,18). The minimum atomic E-state index is -1.08. The Balaban J connectivity index is 2.71. The Morgan fingerprint density at radius 2 is 2.00 bits per heavy atom. The molecule has 0 aromatic heterocycles. The van der Waals surface area contributed by atoms with E-state index in [0.29, 0.717) is 6.07 Å². The predicted molar refractivity (Wildman–Crippen MR) is 67.5 cm³/mol. The van der Waals surface area contributed by atoms with Gasteiger partial charge < -0.3 is 16.2 Å². The van der Waals surface area contributed by atoms with Gasteiger partial charge in [0.1, 0.15) is 11.6 Å². The highest BCUT2D eigenvalue weighted by Crippen LogP contribution is 2.23. The van der Waals surface area contributed by atoms with Crippen LogP contribution >= 0.6 is 15.9 Å². The van der Waals surface area contributed by atoms with E-state index in [0.717, 1.165) is 6.07 Å². The lowest BCUT2D eigenvalue weighted by Gasteiger charge is -2.12. The summed E-state index contributed by atoms with van der Waals surface area (Å²) in [5, 5.41) is 10.6. The third-order valence-electron chi connectivity index (χ3n) is 2.27. The van der Waals surface area contributed by atoms with Gasteiger partial charge in [0.2, 0.25) is 5.91 Å². The lowest BCUT2D eigenvalue weighted by Crippen LogP contribution is -2.36. The molecular formula is C11H11BrF2N2O3. The van der Waals surface area contributed by atoms with Gasteiger partial charge >= 0.3 is 5.97 Å². The molecule has 0 aliphatic heterocycles. The van der Waals surface area contributed by atoms with Crippen LogP contribution in [0.25, 0.3) is 0 Å². The normalized spacial score (nSPS) is 12.0. The molecule has 1 unspecified atom stereocenters. The molecule has 0 aliphatic rings. The molecule has 19 heavy (non-hydrogen) atoms. The number of benzene rings is 1. The highest BCUT2D eigenvalue weighted by Gasteiger charge is 2.17. The number of anilines is 1. The summed E-state index contributed by atoms with van der Waals surface area (Å²) in [4.78, 5) is 21.9. The summed E-state index contributed by atoms with van der Waals surface area (Å²) >= 11 is 2.86. The van der Waals surface area contributed by atoms with Crippen LogP contribution in [0.5, 0.6) is 0 Å². The van der Waals surface area contributed by atoms with Crippen LogP contribution in [0.4, 0.5) is 14.5 Å². The second-order valence-electron chi connectivity index (χ2n) is 3.77. The van der Waals surface area contributed by atoms with Crippen molar-refractivity contribution in [1.82, 2.24) is 0 Å². The molecule has 1 aromatic carbocycles. The topological polar surface area (TPSA) is 92.4 Å². The van der Waals surface area contributed by atoms with Crippen molar-refractivity contribution >= 4 is 33.5 Å². The lowest BCUT2D eigenvalue weighted by atomic mass is 10.1. The fraction of sp³-hybridized carbons (Fsp3) is 0.273. The van der Waals surface area contributed by atoms with Gasteiger partial charge in [-0.25, -0.2) is 8.78 Å². The number of rotatable bonds is 5. The number of aliphatic carboxylic acids is 1. The first-order valence-corrected chi connectivity index (χ1v) is 6.03. The largest absolute Gasteiger partial charge is 0.481 e. The predicted octanol–water partition coefficient (Wildman–Crippen LogP) is 1.86. The number of carbonyl (C=O) groups excluding carboxylic acids is 1. The first-order chi connectivity index (χ1) is 8.81. The number of hydrogen-bond acceptors (Lipinski definition) is 3. The quantitative estimate of drug-likeness (QED) is 0.715. The van der Waals surface area contributed by atoms with Gasteiger partial charge in [0.25, 0.3) is 0 Å². The maximum absolute atomic E-state index is 13.4. The Labute approximate surface area is 115 Å². The average molecular weight is 337 g/mol. The van der Waals surface area contributed by atoms with Crippen molar-refractivity contribution in [2.75, 3.05) is 5.32 Å². The van der Waals surface area contributed by atoms with Gasteiger partial charge in [-0.05, 0) is 28.4 Å². The first kappa shape index (κ1) is 15.5. The van der Waals surface area contributed by atoms with Crippen LogP contribution in [0.3, 0.4) is 0 Å². The van der Waals surface area contributed by atoms with Gasteiger partial charge in [0, 0.05) is 12.5 Å². The Hall–Kier alpha value is -1.54. The molecule has 4 N–H and O–H groups in total. The molecule has 0 saturated heterocycles. The van der Waals surface area contributed by atoms with Crippen molar-refractivity contribution in [3.8, 4) is 0 Å². The molecule has 0 bridgehead atoms. The third-order valence-corrected chi connectivity index (χ3v) is 2.88. The molecule has 0 aliphatic carbocycles. The second-order valence-corrected chi connectivity index (χ2v) is 4.63. The van der Waals surface area contributed by atoms with E-state index in [-0.39, 0.29) is 23.0 Å². The monoisotopic (exact) mass is 336 g/mol. The van der Waals surface area contributed by atoms with Crippen molar-refractivity contribution in [1.29, 1.82) is 0 Å². The highest BCUT2D eigenvalue weighted by atomic mass is 79.9. The zero-order valence-corrected chi connectivity index (χ0v) is 11.2. The Morgan fingerprint density at radius 1 is 1.37 bits per heavy atom. The number of nitrogens with one attached hydrogen (secondary N) is 1. The molecule has 8 heteroatoms. The number of carbonyl (C=O) groups is 2. The molecule has 0 radical (unpaired) electrons. The van der Waals surface area contributed by atoms with Crippen LogP contribution < -0.4 is 11.1 Å². The Morgan fingerprint density at radius 3 is 2.58 bits per heavy atom. The summed E-state index contributed by atoms with van der Waals surface area (Å²) in [6.45, 7) is 0. The number of amides is 1. The molecule has 104 valence electrons. The van der Waals surface area contributed by atoms with Gasteiger partial charge in [-0.1, -0.05) is 0 Å². The zero-order valence-electron chi connectivity index (χ0n) is 9.62. The molecule has 0 fully saturated rings. The van der Waals surface area contributed by atoms with E-state index in [4.69, 9.17) is 10.8 Å². The van der Waals surface area contributed by atoms with Gasteiger partial charge in [-0.15, -0.1) is 0 Å². The number of hydrogen-bond donors (Lipinski definition) is 3. The highest BCUT2D eigenvalue weighted by molar-refractivity contribution is 9.10. The van der Waals surface area contributed by atoms with Crippen LogP contribution in [0.2, 0.25) is 0 Å². The summed E-state index contributed by atoms with van der Waals surface area (Å²) < 4.78 is 26.3. The van der Waals surface area contributed by atoms with E-state index < -0.39 is 29.6 Å². The van der Waals surface area contributed by atoms with E-state index in [9.17, 15) is 18.4 Å². The van der Waals surface area contributed by atoms with E-state index in [1.165, 1.54) is 0 Å². The summed E-state index contributed by atoms with van der Waals surface area (Å²) in [6.07, 6.45) is -0.352. The maximum atomic E-state index is 13.4. The maximum Gasteiger partial charge on any atom is 0.303 e. The van der Waals surface area contributed by atoms with E-state index in [1.807, 2.05) is 0 Å². The number of carboxylic acids is 1. The Kier molecular flexibility index (Phi) is 5.37. The van der Waals surface area contributed by atoms with E-state index in [2.05, 4.69) is 21.2 Å². The van der Waals surface area contributed by atoms with Gasteiger partial charge in [0.05, 0.1) is 16.2 Å². The van der Waals surface area contributed by atoms with Crippen molar-refractivity contribution in [2.45, 2.75) is 18.9 Å². The van der Waals surface area contributed by atoms with Crippen LogP contribution in [0, 0.1) is 11.6 Å². The molecule has 1 aromatic rings. The fourth-order valence-corrected chi connectivity index (χ4v) is 1.60. The summed E-state index contributed by atoms with van der Waals surface area (Å²) in [7, 11) is 0. The molecule has 1 amide bonds. The van der Waals surface area contributed by atoms with Crippen molar-refractivity contribution in [3.63, 3.8) is 0 Å². The third kappa shape index (κ3) is 4.56. The molecule has 1 atom stereocenters. The summed E-state index contributed by atoms with van der Waals surface area (Å²) in [6, 6.07) is 0.592. The first-order valence-electron chi connectivity index (χ1n) is 5.24. The lowest BCUT2D eigenvalue weighted by molar-refractivity contribution is -0.137. The van der Waals surface area contributed by atoms with Crippen LogP contribution in [0.1, 0.15) is 12.8 Å². The van der Waals surface area contributed by atoms with Crippen LogP contribution in [0.15, 0.2) is 16.6 Å².